The summed E-state index contributed by atoms with van der Waals surface area (Å²) in [6, 6.07) is 10.3. The predicted octanol–water partition coefficient (Wildman–Crippen LogP) is 3.41. The molecular formula is C14H17BrN2O. The van der Waals surface area contributed by atoms with Gasteiger partial charge in [0, 0.05) is 10.0 Å². The number of hydrazine groups is 1. The molecule has 1 unspecified atom stereocenters. The highest BCUT2D eigenvalue weighted by Crippen LogP contribution is 2.27. The third-order valence-corrected chi connectivity index (χ3v) is 3.81. The lowest BCUT2D eigenvalue weighted by Crippen LogP contribution is -2.29. The first-order valence-corrected chi connectivity index (χ1v) is 6.67. The Hall–Kier alpha value is -1.10. The van der Waals surface area contributed by atoms with Crippen LogP contribution in [-0.2, 0) is 6.42 Å². The Morgan fingerprint density at radius 3 is 2.61 bits per heavy atom. The summed E-state index contributed by atoms with van der Waals surface area (Å²) in [5.74, 6) is 7.50. The highest BCUT2D eigenvalue weighted by Gasteiger charge is 2.17. The number of halogens is 1. The highest BCUT2D eigenvalue weighted by molar-refractivity contribution is 9.10. The first-order valence-electron chi connectivity index (χ1n) is 5.88. The summed E-state index contributed by atoms with van der Waals surface area (Å²) in [5, 5.41) is 0. The van der Waals surface area contributed by atoms with Gasteiger partial charge in [0.1, 0.15) is 11.5 Å². The molecule has 18 heavy (non-hydrogen) atoms. The minimum Gasteiger partial charge on any atom is -0.466 e. The Morgan fingerprint density at radius 2 is 2.06 bits per heavy atom. The fourth-order valence-corrected chi connectivity index (χ4v) is 2.59. The van der Waals surface area contributed by atoms with Crippen LogP contribution in [0.2, 0.25) is 0 Å². The van der Waals surface area contributed by atoms with Gasteiger partial charge in [-0.3, -0.25) is 11.3 Å². The molecule has 2 aromatic rings. The van der Waals surface area contributed by atoms with Crippen LogP contribution in [0.15, 0.2) is 39.2 Å². The van der Waals surface area contributed by atoms with Crippen molar-refractivity contribution in [2.75, 3.05) is 0 Å². The van der Waals surface area contributed by atoms with Gasteiger partial charge in [0.2, 0.25) is 0 Å². The summed E-state index contributed by atoms with van der Waals surface area (Å²) in [7, 11) is 0. The van der Waals surface area contributed by atoms with Gasteiger partial charge in [-0.2, -0.15) is 0 Å². The number of nitrogens with two attached hydrogens (primary N) is 1. The topological polar surface area (TPSA) is 51.2 Å². The summed E-state index contributed by atoms with van der Waals surface area (Å²) < 4.78 is 6.66. The van der Waals surface area contributed by atoms with E-state index in [0.29, 0.717) is 0 Å². The quantitative estimate of drug-likeness (QED) is 0.672. The van der Waals surface area contributed by atoms with E-state index in [0.717, 1.165) is 28.0 Å². The molecule has 0 bridgehead atoms. The van der Waals surface area contributed by atoms with Gasteiger partial charge < -0.3 is 4.42 Å². The Balaban J connectivity index is 2.25. The molecule has 0 spiro atoms. The van der Waals surface area contributed by atoms with E-state index in [1.807, 2.05) is 38.1 Å². The molecule has 0 radical (unpaired) electrons. The zero-order chi connectivity index (χ0) is 13.1. The van der Waals surface area contributed by atoms with Crippen LogP contribution < -0.4 is 11.3 Å². The number of furan rings is 1. The molecule has 2 rings (SSSR count). The lowest BCUT2D eigenvalue weighted by atomic mass is 10.00. The third-order valence-electron chi connectivity index (χ3n) is 3.04. The van der Waals surface area contributed by atoms with Crippen LogP contribution in [0.3, 0.4) is 0 Å². The maximum atomic E-state index is 5.67. The average Bonchev–Trinajstić information content (AvgIpc) is 2.67. The Labute approximate surface area is 115 Å². The van der Waals surface area contributed by atoms with Crippen LogP contribution in [0.1, 0.15) is 28.7 Å². The van der Waals surface area contributed by atoms with Gasteiger partial charge in [-0.15, -0.1) is 0 Å². The first kappa shape index (κ1) is 13.3. The van der Waals surface area contributed by atoms with E-state index in [2.05, 4.69) is 27.4 Å². The van der Waals surface area contributed by atoms with E-state index in [9.17, 15) is 0 Å². The molecule has 0 fully saturated rings. The second-order valence-electron chi connectivity index (χ2n) is 4.38. The van der Waals surface area contributed by atoms with Gasteiger partial charge in [-0.1, -0.05) is 34.1 Å². The van der Waals surface area contributed by atoms with Crippen molar-refractivity contribution >= 4 is 15.9 Å². The van der Waals surface area contributed by atoms with E-state index in [1.165, 1.54) is 5.56 Å². The molecule has 3 nitrogen and oxygen atoms in total. The Morgan fingerprint density at radius 1 is 1.33 bits per heavy atom. The maximum absolute atomic E-state index is 5.67. The van der Waals surface area contributed by atoms with Crippen LogP contribution in [0.25, 0.3) is 0 Å². The van der Waals surface area contributed by atoms with E-state index in [-0.39, 0.29) is 6.04 Å². The number of aryl methyl sites for hydroxylation is 2. The summed E-state index contributed by atoms with van der Waals surface area (Å²) in [6.45, 7) is 3.91. The Bertz CT molecular complexity index is 536. The molecule has 1 heterocycles. The van der Waals surface area contributed by atoms with Gasteiger partial charge in [-0.05, 0) is 38.0 Å². The zero-order valence-corrected chi connectivity index (χ0v) is 12.1. The predicted molar refractivity (Wildman–Crippen MR) is 76.1 cm³/mol. The van der Waals surface area contributed by atoms with Gasteiger partial charge in [0.15, 0.2) is 0 Å². The van der Waals surface area contributed by atoms with Crippen molar-refractivity contribution in [1.29, 1.82) is 0 Å². The first-order chi connectivity index (χ1) is 8.61. The molecular weight excluding hydrogens is 292 g/mol. The van der Waals surface area contributed by atoms with Crippen molar-refractivity contribution in [3.63, 3.8) is 0 Å². The van der Waals surface area contributed by atoms with E-state index in [4.69, 9.17) is 10.3 Å². The summed E-state index contributed by atoms with van der Waals surface area (Å²) >= 11 is 3.56. The highest BCUT2D eigenvalue weighted by atomic mass is 79.9. The van der Waals surface area contributed by atoms with Crippen molar-refractivity contribution in [3.05, 3.63) is 57.5 Å². The molecule has 0 amide bonds. The molecule has 0 saturated carbocycles. The number of hydrogen-bond acceptors (Lipinski definition) is 3. The van der Waals surface area contributed by atoms with Crippen LogP contribution >= 0.6 is 15.9 Å². The zero-order valence-electron chi connectivity index (χ0n) is 10.5. The number of rotatable bonds is 4. The normalized spacial score (nSPS) is 12.7. The molecule has 0 aliphatic carbocycles. The molecule has 1 atom stereocenters. The number of benzene rings is 1. The van der Waals surface area contributed by atoms with Crippen molar-refractivity contribution in [2.45, 2.75) is 26.3 Å². The van der Waals surface area contributed by atoms with Crippen LogP contribution in [0.4, 0.5) is 0 Å². The maximum Gasteiger partial charge on any atom is 0.105 e. The minimum absolute atomic E-state index is 0.0566. The van der Waals surface area contributed by atoms with E-state index < -0.39 is 0 Å². The average molecular weight is 309 g/mol. The van der Waals surface area contributed by atoms with Gasteiger partial charge in [-0.25, -0.2) is 0 Å². The minimum atomic E-state index is 0.0566. The molecule has 4 heteroatoms. The fraction of sp³-hybridized carbons (Fsp3) is 0.286. The van der Waals surface area contributed by atoms with Crippen molar-refractivity contribution in [2.24, 2.45) is 5.84 Å². The molecule has 0 aliphatic rings. The second-order valence-corrected chi connectivity index (χ2v) is 5.24. The molecule has 1 aromatic heterocycles. The SMILES string of the molecule is Cc1cc(C(Cc2ccccc2Br)NN)c(C)o1. The van der Waals surface area contributed by atoms with Crippen LogP contribution in [-0.4, -0.2) is 0 Å². The summed E-state index contributed by atoms with van der Waals surface area (Å²) in [4.78, 5) is 0. The lowest BCUT2D eigenvalue weighted by molar-refractivity contribution is 0.484. The standard InChI is InChI=1S/C14H17BrN2O/c1-9-7-12(10(2)18-9)14(17-16)8-11-5-3-4-6-13(11)15/h3-7,14,17H,8,16H2,1-2H3. The van der Waals surface area contributed by atoms with Gasteiger partial charge >= 0.3 is 0 Å². The van der Waals surface area contributed by atoms with E-state index in [1.54, 1.807) is 0 Å². The number of hydrogen-bond donors (Lipinski definition) is 2. The van der Waals surface area contributed by atoms with Crippen molar-refractivity contribution < 1.29 is 4.42 Å². The summed E-state index contributed by atoms with van der Waals surface area (Å²) in [6.07, 6.45) is 0.817. The van der Waals surface area contributed by atoms with Crippen LogP contribution in [0, 0.1) is 13.8 Å². The van der Waals surface area contributed by atoms with Gasteiger partial charge in [0.25, 0.3) is 0 Å². The Kier molecular flexibility index (Phi) is 4.22. The second kappa shape index (κ2) is 5.69. The molecule has 0 saturated heterocycles. The largest absolute Gasteiger partial charge is 0.466 e. The summed E-state index contributed by atoms with van der Waals surface area (Å²) in [5.41, 5.74) is 5.20. The monoisotopic (exact) mass is 308 g/mol. The van der Waals surface area contributed by atoms with Crippen molar-refractivity contribution in [3.8, 4) is 0 Å². The number of nitrogens with one attached hydrogen (secondary N) is 1. The van der Waals surface area contributed by atoms with Crippen LogP contribution in [0.5, 0.6) is 0 Å². The molecule has 96 valence electrons. The lowest BCUT2D eigenvalue weighted by Gasteiger charge is -2.16. The molecule has 0 aliphatic heterocycles. The fourth-order valence-electron chi connectivity index (χ4n) is 2.14. The smallest absolute Gasteiger partial charge is 0.105 e. The van der Waals surface area contributed by atoms with Crippen molar-refractivity contribution in [1.82, 2.24) is 5.43 Å². The van der Waals surface area contributed by atoms with E-state index >= 15 is 0 Å². The molecule has 1 aromatic carbocycles. The third kappa shape index (κ3) is 2.83. The van der Waals surface area contributed by atoms with Gasteiger partial charge in [0.05, 0.1) is 6.04 Å². The molecule has 3 N–H and O–H groups in total.